The highest BCUT2D eigenvalue weighted by Gasteiger charge is 2.15. The van der Waals surface area contributed by atoms with Crippen LogP contribution in [-0.2, 0) is 21.2 Å². The molecule has 0 atom stereocenters. The van der Waals surface area contributed by atoms with E-state index in [1.807, 2.05) is 13.0 Å². The summed E-state index contributed by atoms with van der Waals surface area (Å²) >= 11 is 0. The van der Waals surface area contributed by atoms with Crippen molar-refractivity contribution in [3.8, 4) is 0 Å². The molecule has 0 heterocycles. The van der Waals surface area contributed by atoms with E-state index < -0.39 is 10.0 Å². The van der Waals surface area contributed by atoms with Crippen LogP contribution in [-0.4, -0.2) is 20.1 Å². The zero-order valence-electron chi connectivity index (χ0n) is 13.9. The van der Waals surface area contributed by atoms with Gasteiger partial charge in [0.25, 0.3) is 0 Å². The van der Waals surface area contributed by atoms with Gasteiger partial charge in [0.2, 0.25) is 15.9 Å². The number of hydrogen-bond acceptors (Lipinski definition) is 4. The number of anilines is 1. The predicted molar refractivity (Wildman–Crippen MR) is 95.8 cm³/mol. The van der Waals surface area contributed by atoms with Crippen molar-refractivity contribution < 1.29 is 18.0 Å². The third-order valence-electron chi connectivity index (χ3n) is 3.71. The van der Waals surface area contributed by atoms with Crippen molar-refractivity contribution in [2.45, 2.75) is 31.1 Å². The molecule has 0 aliphatic rings. The molecule has 2 rings (SSSR count). The van der Waals surface area contributed by atoms with Crippen LogP contribution < -0.4 is 10.5 Å². The van der Waals surface area contributed by atoms with E-state index in [4.69, 9.17) is 5.14 Å². The molecular weight excluding hydrogens is 340 g/mol. The number of amides is 1. The Morgan fingerprint density at radius 2 is 1.72 bits per heavy atom. The highest BCUT2D eigenvalue weighted by atomic mass is 32.2. The average molecular weight is 360 g/mol. The standard InChI is InChI=1S/C18H20N2O4S/c1-2-13-8-9-15(12-17(13)25(19,23)24)20-18(22)11-10-16(21)14-6-4-3-5-7-14/h3-9,12H,2,10-11H2,1H3,(H,20,22)(H2,19,23,24). The van der Waals surface area contributed by atoms with Crippen LogP contribution in [0.1, 0.15) is 35.7 Å². The molecule has 3 N–H and O–H groups in total. The first kappa shape index (κ1) is 18.8. The van der Waals surface area contributed by atoms with Crippen molar-refractivity contribution in [2.24, 2.45) is 5.14 Å². The van der Waals surface area contributed by atoms with Gasteiger partial charge in [-0.1, -0.05) is 43.3 Å². The van der Waals surface area contributed by atoms with Gasteiger partial charge in [-0.05, 0) is 24.1 Å². The second-order valence-electron chi connectivity index (χ2n) is 5.56. The lowest BCUT2D eigenvalue weighted by molar-refractivity contribution is -0.116. The van der Waals surface area contributed by atoms with E-state index in [2.05, 4.69) is 5.32 Å². The van der Waals surface area contributed by atoms with Gasteiger partial charge in [-0.2, -0.15) is 0 Å². The van der Waals surface area contributed by atoms with Crippen molar-refractivity contribution in [1.82, 2.24) is 0 Å². The zero-order chi connectivity index (χ0) is 18.4. The Hall–Kier alpha value is -2.51. The third-order valence-corrected chi connectivity index (χ3v) is 4.71. The molecule has 1 amide bonds. The Balaban J connectivity index is 2.02. The van der Waals surface area contributed by atoms with E-state index >= 15 is 0 Å². The molecule has 0 saturated carbocycles. The Morgan fingerprint density at radius 3 is 2.32 bits per heavy atom. The smallest absolute Gasteiger partial charge is 0.238 e. The first-order chi connectivity index (χ1) is 11.8. The molecular formula is C18H20N2O4S. The van der Waals surface area contributed by atoms with Gasteiger partial charge in [0, 0.05) is 24.1 Å². The predicted octanol–water partition coefficient (Wildman–Crippen LogP) is 2.50. The average Bonchev–Trinajstić information content (AvgIpc) is 2.59. The molecule has 132 valence electrons. The molecule has 0 fully saturated rings. The minimum atomic E-state index is -3.87. The fraction of sp³-hybridized carbons (Fsp3) is 0.222. The van der Waals surface area contributed by atoms with Gasteiger partial charge in [0.05, 0.1) is 4.90 Å². The number of carbonyl (C=O) groups is 2. The number of nitrogens with two attached hydrogens (primary N) is 1. The minimum Gasteiger partial charge on any atom is -0.326 e. The van der Waals surface area contributed by atoms with Crippen LogP contribution in [0, 0.1) is 0 Å². The SMILES string of the molecule is CCc1ccc(NC(=O)CCC(=O)c2ccccc2)cc1S(N)(=O)=O. The molecule has 0 spiro atoms. The number of primary sulfonamides is 1. The van der Waals surface area contributed by atoms with Crippen LogP contribution in [0.2, 0.25) is 0 Å². The second kappa shape index (κ2) is 8.04. The monoisotopic (exact) mass is 360 g/mol. The topological polar surface area (TPSA) is 106 Å². The van der Waals surface area contributed by atoms with E-state index in [9.17, 15) is 18.0 Å². The molecule has 0 aliphatic heterocycles. The highest BCUT2D eigenvalue weighted by molar-refractivity contribution is 7.89. The van der Waals surface area contributed by atoms with Gasteiger partial charge in [-0.15, -0.1) is 0 Å². The number of aryl methyl sites for hydroxylation is 1. The molecule has 25 heavy (non-hydrogen) atoms. The van der Waals surface area contributed by atoms with E-state index in [0.29, 0.717) is 23.2 Å². The molecule has 0 unspecified atom stereocenters. The minimum absolute atomic E-state index is 0.00633. The Morgan fingerprint density at radius 1 is 1.04 bits per heavy atom. The zero-order valence-corrected chi connectivity index (χ0v) is 14.7. The summed E-state index contributed by atoms with van der Waals surface area (Å²) in [5.41, 5.74) is 1.47. The normalized spacial score (nSPS) is 11.1. The Kier molecular flexibility index (Phi) is 6.06. The van der Waals surface area contributed by atoms with Crippen LogP contribution in [0.4, 0.5) is 5.69 Å². The second-order valence-corrected chi connectivity index (χ2v) is 7.09. The molecule has 2 aromatic carbocycles. The summed E-state index contributed by atoms with van der Waals surface area (Å²) in [5, 5.41) is 7.81. The van der Waals surface area contributed by atoms with Crippen molar-refractivity contribution >= 4 is 27.4 Å². The van der Waals surface area contributed by atoms with Gasteiger partial charge in [0.15, 0.2) is 5.78 Å². The fourth-order valence-electron chi connectivity index (χ4n) is 2.41. The fourth-order valence-corrected chi connectivity index (χ4v) is 3.28. The molecule has 7 heteroatoms. The van der Waals surface area contributed by atoms with Gasteiger partial charge in [-0.3, -0.25) is 9.59 Å². The molecule has 0 bridgehead atoms. The number of hydrogen-bond donors (Lipinski definition) is 2. The van der Waals surface area contributed by atoms with Crippen LogP contribution in [0.15, 0.2) is 53.4 Å². The van der Waals surface area contributed by atoms with Crippen LogP contribution in [0.5, 0.6) is 0 Å². The molecule has 2 aromatic rings. The van der Waals surface area contributed by atoms with Crippen molar-refractivity contribution in [2.75, 3.05) is 5.32 Å². The molecule has 0 radical (unpaired) electrons. The lowest BCUT2D eigenvalue weighted by Crippen LogP contribution is -2.17. The van der Waals surface area contributed by atoms with E-state index in [1.54, 1.807) is 36.4 Å². The van der Waals surface area contributed by atoms with Crippen LogP contribution in [0.3, 0.4) is 0 Å². The van der Waals surface area contributed by atoms with E-state index in [-0.39, 0.29) is 29.4 Å². The van der Waals surface area contributed by atoms with Gasteiger partial charge < -0.3 is 5.32 Å². The number of sulfonamides is 1. The van der Waals surface area contributed by atoms with E-state index in [1.165, 1.54) is 6.07 Å². The summed E-state index contributed by atoms with van der Waals surface area (Å²) in [7, 11) is -3.87. The van der Waals surface area contributed by atoms with Crippen molar-refractivity contribution in [3.05, 3.63) is 59.7 Å². The maximum Gasteiger partial charge on any atom is 0.238 e. The van der Waals surface area contributed by atoms with Crippen molar-refractivity contribution in [3.63, 3.8) is 0 Å². The first-order valence-corrected chi connectivity index (χ1v) is 9.39. The first-order valence-electron chi connectivity index (χ1n) is 7.85. The van der Waals surface area contributed by atoms with Crippen molar-refractivity contribution in [1.29, 1.82) is 0 Å². The Labute approximate surface area is 147 Å². The summed E-state index contributed by atoms with van der Waals surface area (Å²) in [6.07, 6.45) is 0.588. The summed E-state index contributed by atoms with van der Waals surface area (Å²) in [4.78, 5) is 24.0. The van der Waals surface area contributed by atoms with Crippen LogP contribution in [0.25, 0.3) is 0 Å². The summed E-state index contributed by atoms with van der Waals surface area (Å²) in [5.74, 6) is -0.490. The molecule has 0 aromatic heterocycles. The lowest BCUT2D eigenvalue weighted by atomic mass is 10.1. The Bertz CT molecular complexity index is 877. The van der Waals surface area contributed by atoms with Gasteiger partial charge >= 0.3 is 0 Å². The highest BCUT2D eigenvalue weighted by Crippen LogP contribution is 2.20. The maximum absolute atomic E-state index is 12.0. The molecule has 6 nitrogen and oxygen atoms in total. The number of Topliss-reactive ketones (excluding diaryl/α,β-unsaturated/α-hetero) is 1. The summed E-state index contributed by atoms with van der Waals surface area (Å²) in [6, 6.07) is 13.3. The molecule has 0 saturated heterocycles. The number of nitrogens with one attached hydrogen (secondary N) is 1. The number of benzene rings is 2. The third kappa shape index (κ3) is 5.23. The number of ketones is 1. The quantitative estimate of drug-likeness (QED) is 0.740. The van der Waals surface area contributed by atoms with E-state index in [0.717, 1.165) is 0 Å². The summed E-state index contributed by atoms with van der Waals surface area (Å²) < 4.78 is 23.3. The lowest BCUT2D eigenvalue weighted by Gasteiger charge is -2.10. The number of carbonyl (C=O) groups excluding carboxylic acids is 2. The largest absolute Gasteiger partial charge is 0.326 e. The number of rotatable bonds is 7. The molecule has 0 aliphatic carbocycles. The van der Waals surface area contributed by atoms with Crippen LogP contribution >= 0.6 is 0 Å². The summed E-state index contributed by atoms with van der Waals surface area (Å²) in [6.45, 7) is 1.82. The maximum atomic E-state index is 12.0. The van der Waals surface area contributed by atoms with Gasteiger partial charge in [0.1, 0.15) is 0 Å². The van der Waals surface area contributed by atoms with Gasteiger partial charge in [-0.25, -0.2) is 13.6 Å².